The van der Waals surface area contributed by atoms with Crippen molar-refractivity contribution in [2.75, 3.05) is 0 Å². The van der Waals surface area contributed by atoms with Gasteiger partial charge in [-0.3, -0.25) is 14.3 Å². The lowest BCUT2D eigenvalue weighted by molar-refractivity contribution is 0.290. The molecule has 0 N–H and O–H groups in total. The summed E-state index contributed by atoms with van der Waals surface area (Å²) in [6.45, 7) is 3.36. The molecule has 3 rings (SSSR count). The summed E-state index contributed by atoms with van der Waals surface area (Å²) >= 11 is 6.56. The van der Waals surface area contributed by atoms with Gasteiger partial charge in [0.25, 0.3) is 5.56 Å². The molecule has 0 aliphatic carbocycles. The third-order valence-corrected chi connectivity index (χ3v) is 4.99. The smallest absolute Gasteiger partial charge is 0.273 e. The second-order valence-corrected chi connectivity index (χ2v) is 7.37. The van der Waals surface area contributed by atoms with Crippen molar-refractivity contribution in [2.24, 2.45) is 0 Å². The van der Waals surface area contributed by atoms with E-state index in [0.717, 1.165) is 17.8 Å². The van der Waals surface area contributed by atoms with Crippen molar-refractivity contribution in [1.29, 1.82) is 0 Å². The van der Waals surface area contributed by atoms with Gasteiger partial charge in [-0.15, -0.1) is 0 Å². The van der Waals surface area contributed by atoms with Crippen LogP contribution in [0.1, 0.15) is 17.0 Å². The van der Waals surface area contributed by atoms with Crippen molar-refractivity contribution in [2.45, 2.75) is 20.5 Å². The molecule has 0 aliphatic heterocycles. The molecule has 0 unspecified atom stereocenters. The molecule has 0 saturated heterocycles. The number of aryl methyl sites for hydroxylation is 2. The number of hydrogen-bond donors (Lipinski definition) is 0. The maximum absolute atomic E-state index is 13.7. The van der Waals surface area contributed by atoms with Gasteiger partial charge in [-0.2, -0.15) is 0 Å². The summed E-state index contributed by atoms with van der Waals surface area (Å²) in [5, 5.41) is 0. The predicted molar refractivity (Wildman–Crippen MR) is 103 cm³/mol. The van der Waals surface area contributed by atoms with E-state index in [4.69, 9.17) is 4.74 Å². The minimum absolute atomic E-state index is 0.0564. The Labute approximate surface area is 170 Å². The molecule has 0 aliphatic rings. The summed E-state index contributed by atoms with van der Waals surface area (Å²) < 4.78 is 34.5. The van der Waals surface area contributed by atoms with Crippen LogP contribution < -0.4 is 10.3 Å². The van der Waals surface area contributed by atoms with Gasteiger partial charge in [0.1, 0.15) is 32.9 Å². The van der Waals surface area contributed by atoms with E-state index in [1.54, 1.807) is 25.3 Å². The van der Waals surface area contributed by atoms with Gasteiger partial charge in [0.05, 0.1) is 11.9 Å². The Bertz CT molecular complexity index is 1090. The third kappa shape index (κ3) is 4.08. The van der Waals surface area contributed by atoms with Gasteiger partial charge in [-0.25, -0.2) is 13.8 Å². The van der Waals surface area contributed by atoms with Gasteiger partial charge >= 0.3 is 0 Å². The summed E-state index contributed by atoms with van der Waals surface area (Å²) in [7, 11) is 0. The highest BCUT2D eigenvalue weighted by atomic mass is 79.9. The zero-order valence-electron chi connectivity index (χ0n) is 14.3. The predicted octanol–water partition coefficient (Wildman–Crippen LogP) is 4.63. The van der Waals surface area contributed by atoms with Gasteiger partial charge in [0, 0.05) is 24.0 Å². The number of halogens is 4. The Balaban J connectivity index is 1.98. The SMILES string of the molecule is Cc1cnc(Br)cc1-n1c(C)cc(OCc2ncc(F)cc2F)c(Br)c1=O. The van der Waals surface area contributed by atoms with Crippen LogP contribution in [-0.4, -0.2) is 14.5 Å². The van der Waals surface area contributed by atoms with Gasteiger partial charge in [0.15, 0.2) is 5.82 Å². The normalized spacial score (nSPS) is 10.9. The highest BCUT2D eigenvalue weighted by Gasteiger charge is 2.16. The largest absolute Gasteiger partial charge is 0.486 e. The first-order chi connectivity index (χ1) is 12.8. The van der Waals surface area contributed by atoms with Gasteiger partial charge in [-0.1, -0.05) is 0 Å². The Morgan fingerprint density at radius 1 is 1.11 bits per heavy atom. The quantitative estimate of drug-likeness (QED) is 0.490. The molecule has 0 saturated carbocycles. The molecule has 0 radical (unpaired) electrons. The summed E-state index contributed by atoms with van der Waals surface area (Å²) in [5.41, 5.74) is 1.73. The third-order valence-electron chi connectivity index (χ3n) is 3.83. The average Bonchev–Trinajstić information content (AvgIpc) is 2.61. The fraction of sp³-hybridized carbons (Fsp3) is 0.167. The molecule has 3 aromatic rings. The molecule has 27 heavy (non-hydrogen) atoms. The zero-order chi connectivity index (χ0) is 19.7. The van der Waals surface area contributed by atoms with Crippen LogP contribution in [0.4, 0.5) is 8.78 Å². The minimum atomic E-state index is -0.812. The van der Waals surface area contributed by atoms with E-state index < -0.39 is 11.6 Å². The van der Waals surface area contributed by atoms with Gasteiger partial charge < -0.3 is 4.74 Å². The lowest BCUT2D eigenvalue weighted by Gasteiger charge is -2.16. The minimum Gasteiger partial charge on any atom is -0.486 e. The Kier molecular flexibility index (Phi) is 5.71. The average molecular weight is 501 g/mol. The second-order valence-electron chi connectivity index (χ2n) is 5.77. The van der Waals surface area contributed by atoms with Crippen molar-refractivity contribution in [3.8, 4) is 11.4 Å². The van der Waals surface area contributed by atoms with E-state index in [9.17, 15) is 13.6 Å². The molecule has 0 aromatic carbocycles. The van der Waals surface area contributed by atoms with E-state index in [1.165, 1.54) is 4.57 Å². The molecule has 3 heterocycles. The maximum Gasteiger partial charge on any atom is 0.273 e. The summed E-state index contributed by atoms with van der Waals surface area (Å²) in [4.78, 5) is 20.7. The monoisotopic (exact) mass is 499 g/mol. The van der Waals surface area contributed by atoms with Crippen molar-refractivity contribution < 1.29 is 13.5 Å². The summed E-state index contributed by atoms with van der Waals surface area (Å²) in [6.07, 6.45) is 2.57. The molecule has 9 heteroatoms. The number of hydrogen-bond acceptors (Lipinski definition) is 4. The van der Waals surface area contributed by atoms with Crippen LogP contribution in [0.15, 0.2) is 44.5 Å². The fourth-order valence-electron chi connectivity index (χ4n) is 2.51. The van der Waals surface area contributed by atoms with E-state index in [-0.39, 0.29) is 28.1 Å². The summed E-state index contributed by atoms with van der Waals surface area (Å²) in [6, 6.07) is 4.13. The Hall–Kier alpha value is -2.13. The van der Waals surface area contributed by atoms with Crippen LogP contribution in [0, 0.1) is 25.5 Å². The van der Waals surface area contributed by atoms with Crippen molar-refractivity contribution in [1.82, 2.24) is 14.5 Å². The van der Waals surface area contributed by atoms with Gasteiger partial charge in [-0.05, 0) is 57.3 Å². The second kappa shape index (κ2) is 7.85. The van der Waals surface area contributed by atoms with Crippen molar-refractivity contribution in [3.63, 3.8) is 0 Å². The highest BCUT2D eigenvalue weighted by molar-refractivity contribution is 9.10. The van der Waals surface area contributed by atoms with Crippen molar-refractivity contribution in [3.05, 3.63) is 78.6 Å². The number of rotatable bonds is 4. The lowest BCUT2D eigenvalue weighted by atomic mass is 10.2. The topological polar surface area (TPSA) is 57.0 Å². The molecule has 3 aromatic heterocycles. The van der Waals surface area contributed by atoms with Crippen LogP contribution in [0.5, 0.6) is 5.75 Å². The van der Waals surface area contributed by atoms with E-state index in [2.05, 4.69) is 41.8 Å². The first-order valence-corrected chi connectivity index (χ1v) is 9.34. The van der Waals surface area contributed by atoms with Gasteiger partial charge in [0.2, 0.25) is 0 Å². The molecule has 0 bridgehead atoms. The standard InChI is InChI=1S/C18H13Br2F2N3O2/c1-9-6-24-16(19)5-14(9)25-10(2)3-15(17(20)18(25)26)27-8-13-12(22)4-11(21)7-23-13/h3-7H,8H2,1-2H3. The van der Waals surface area contributed by atoms with E-state index >= 15 is 0 Å². The summed E-state index contributed by atoms with van der Waals surface area (Å²) in [5.74, 6) is -1.34. The number of nitrogens with zero attached hydrogens (tertiary/aromatic N) is 3. The fourth-order valence-corrected chi connectivity index (χ4v) is 3.24. The van der Waals surface area contributed by atoms with E-state index in [0.29, 0.717) is 16.0 Å². The zero-order valence-corrected chi connectivity index (χ0v) is 17.4. The van der Waals surface area contributed by atoms with Crippen LogP contribution in [0.2, 0.25) is 0 Å². The Morgan fingerprint density at radius 2 is 1.85 bits per heavy atom. The highest BCUT2D eigenvalue weighted by Crippen LogP contribution is 2.26. The number of pyridine rings is 3. The number of aromatic nitrogens is 3. The number of ether oxygens (including phenoxy) is 1. The molecule has 0 spiro atoms. The first-order valence-electron chi connectivity index (χ1n) is 7.75. The molecule has 5 nitrogen and oxygen atoms in total. The van der Waals surface area contributed by atoms with Crippen molar-refractivity contribution >= 4 is 31.9 Å². The first kappa shape index (κ1) is 19.6. The maximum atomic E-state index is 13.7. The molecule has 140 valence electrons. The Morgan fingerprint density at radius 3 is 2.56 bits per heavy atom. The van der Waals surface area contributed by atoms with Crippen LogP contribution in [-0.2, 0) is 6.61 Å². The lowest BCUT2D eigenvalue weighted by Crippen LogP contribution is -2.23. The molecule has 0 amide bonds. The van der Waals surface area contributed by atoms with Crippen LogP contribution in [0.3, 0.4) is 0 Å². The molecule has 0 atom stereocenters. The molecular formula is C18H13Br2F2N3O2. The molecule has 0 fully saturated rings. The van der Waals surface area contributed by atoms with Crippen LogP contribution >= 0.6 is 31.9 Å². The van der Waals surface area contributed by atoms with Crippen LogP contribution in [0.25, 0.3) is 5.69 Å². The van der Waals surface area contributed by atoms with E-state index in [1.807, 2.05) is 6.92 Å². The molecular weight excluding hydrogens is 488 g/mol.